The van der Waals surface area contributed by atoms with Gasteiger partial charge in [0.1, 0.15) is 29.4 Å². The van der Waals surface area contributed by atoms with E-state index in [-0.39, 0.29) is 28.5 Å². The second-order valence-electron chi connectivity index (χ2n) is 6.53. The number of amides is 1. The number of nitro benzene ring substituents is 1. The highest BCUT2D eigenvalue weighted by Crippen LogP contribution is 2.31. The quantitative estimate of drug-likeness (QED) is 0.411. The number of aryl methyl sites for hydroxylation is 1. The van der Waals surface area contributed by atoms with Crippen LogP contribution in [0.2, 0.25) is 5.02 Å². The molecule has 0 aliphatic carbocycles. The van der Waals surface area contributed by atoms with Crippen molar-refractivity contribution in [3.63, 3.8) is 0 Å². The van der Waals surface area contributed by atoms with Crippen LogP contribution < -0.4 is 10.1 Å². The van der Waals surface area contributed by atoms with Gasteiger partial charge in [-0.1, -0.05) is 11.6 Å². The third-order valence-electron chi connectivity index (χ3n) is 4.28. The van der Waals surface area contributed by atoms with Gasteiger partial charge >= 0.3 is 5.69 Å². The molecule has 3 aromatic rings. The molecule has 1 atom stereocenters. The molecule has 0 bridgehead atoms. The molecule has 1 heterocycles. The number of halogens is 1. The van der Waals surface area contributed by atoms with Crippen molar-refractivity contribution in [1.29, 1.82) is 0 Å². The molecule has 0 spiro atoms. The maximum Gasteiger partial charge on any atom is 0.309 e. The van der Waals surface area contributed by atoms with E-state index in [9.17, 15) is 25.0 Å². The molecule has 2 aromatic carbocycles. The van der Waals surface area contributed by atoms with Crippen LogP contribution in [-0.4, -0.2) is 25.5 Å². The number of benzene rings is 2. The van der Waals surface area contributed by atoms with E-state index < -0.39 is 21.8 Å². The van der Waals surface area contributed by atoms with Gasteiger partial charge in [-0.15, -0.1) is 0 Å². The lowest BCUT2D eigenvalue weighted by Crippen LogP contribution is -2.24. The lowest BCUT2D eigenvalue weighted by atomic mass is 10.2. The largest absolute Gasteiger partial charge is 0.457 e. The van der Waals surface area contributed by atoms with Crippen molar-refractivity contribution in [2.24, 2.45) is 0 Å². The molecule has 0 saturated carbocycles. The first kappa shape index (κ1) is 21.7. The summed E-state index contributed by atoms with van der Waals surface area (Å²) in [7, 11) is 0. The zero-order valence-corrected chi connectivity index (χ0v) is 17.1. The molecule has 12 heteroatoms. The molecule has 0 fully saturated rings. The van der Waals surface area contributed by atoms with Crippen molar-refractivity contribution in [3.05, 3.63) is 79.6 Å². The molecule has 1 N–H and O–H groups in total. The van der Waals surface area contributed by atoms with Gasteiger partial charge in [0.05, 0.1) is 21.6 Å². The average molecular weight is 446 g/mol. The molecule has 0 aliphatic rings. The molecular weight excluding hydrogens is 430 g/mol. The highest BCUT2D eigenvalue weighted by atomic mass is 35.5. The zero-order chi connectivity index (χ0) is 22.7. The van der Waals surface area contributed by atoms with Gasteiger partial charge in [0.15, 0.2) is 0 Å². The average Bonchev–Trinajstić information content (AvgIpc) is 3.11. The van der Waals surface area contributed by atoms with Crippen molar-refractivity contribution < 1.29 is 19.4 Å². The number of rotatable bonds is 7. The van der Waals surface area contributed by atoms with E-state index in [0.29, 0.717) is 10.8 Å². The Labute approximate surface area is 180 Å². The first-order chi connectivity index (χ1) is 14.6. The van der Waals surface area contributed by atoms with Gasteiger partial charge in [-0.05, 0) is 38.1 Å². The predicted octanol–water partition coefficient (Wildman–Crippen LogP) is 4.65. The smallest absolute Gasteiger partial charge is 0.309 e. The second-order valence-corrected chi connectivity index (χ2v) is 6.97. The van der Waals surface area contributed by atoms with E-state index in [2.05, 4.69) is 10.4 Å². The topological polar surface area (TPSA) is 142 Å². The van der Waals surface area contributed by atoms with E-state index in [1.807, 2.05) is 0 Å². The minimum absolute atomic E-state index is 0.119. The maximum atomic E-state index is 12.6. The van der Waals surface area contributed by atoms with Gasteiger partial charge in [0.2, 0.25) is 5.91 Å². The Kier molecular flexibility index (Phi) is 6.16. The van der Waals surface area contributed by atoms with Crippen LogP contribution in [0.25, 0.3) is 0 Å². The van der Waals surface area contributed by atoms with Crippen LogP contribution in [0, 0.1) is 27.2 Å². The van der Waals surface area contributed by atoms with Crippen LogP contribution in [0.5, 0.6) is 11.5 Å². The minimum Gasteiger partial charge on any atom is -0.457 e. The Morgan fingerprint density at radius 1 is 1.13 bits per heavy atom. The van der Waals surface area contributed by atoms with Crippen molar-refractivity contribution in [3.8, 4) is 11.5 Å². The van der Waals surface area contributed by atoms with Gasteiger partial charge in [-0.2, -0.15) is 5.10 Å². The van der Waals surface area contributed by atoms with Gasteiger partial charge in [0.25, 0.3) is 5.69 Å². The molecule has 3 rings (SSSR count). The summed E-state index contributed by atoms with van der Waals surface area (Å²) >= 11 is 5.84. The van der Waals surface area contributed by atoms with E-state index in [0.717, 1.165) is 10.9 Å². The molecule has 0 aliphatic heterocycles. The third kappa shape index (κ3) is 5.14. The summed E-state index contributed by atoms with van der Waals surface area (Å²) in [6, 6.07) is 9.29. The van der Waals surface area contributed by atoms with Gasteiger partial charge in [0, 0.05) is 17.2 Å². The van der Waals surface area contributed by atoms with Crippen molar-refractivity contribution in [1.82, 2.24) is 9.78 Å². The molecule has 31 heavy (non-hydrogen) atoms. The number of carbonyl (C=O) groups is 1. The van der Waals surface area contributed by atoms with E-state index in [1.54, 1.807) is 24.3 Å². The first-order valence-electron chi connectivity index (χ1n) is 8.88. The van der Waals surface area contributed by atoms with E-state index in [1.165, 1.54) is 32.0 Å². The zero-order valence-electron chi connectivity index (χ0n) is 16.3. The highest BCUT2D eigenvalue weighted by Gasteiger charge is 2.23. The number of ether oxygens (including phenoxy) is 1. The first-order valence-corrected chi connectivity index (χ1v) is 9.25. The maximum absolute atomic E-state index is 12.6. The van der Waals surface area contributed by atoms with Gasteiger partial charge < -0.3 is 10.1 Å². The van der Waals surface area contributed by atoms with Crippen LogP contribution in [0.3, 0.4) is 0 Å². The Bertz CT molecular complexity index is 1160. The monoisotopic (exact) mass is 445 g/mol. The van der Waals surface area contributed by atoms with Crippen LogP contribution in [0.15, 0.2) is 48.7 Å². The number of hydrogen-bond acceptors (Lipinski definition) is 7. The van der Waals surface area contributed by atoms with Crippen molar-refractivity contribution in [2.45, 2.75) is 19.9 Å². The van der Waals surface area contributed by atoms with Crippen LogP contribution in [0.1, 0.15) is 18.7 Å². The number of non-ortho nitro benzene ring substituents is 1. The Morgan fingerprint density at radius 3 is 2.39 bits per heavy atom. The summed E-state index contributed by atoms with van der Waals surface area (Å²) in [6.07, 6.45) is 1.15. The van der Waals surface area contributed by atoms with Gasteiger partial charge in [-0.3, -0.25) is 29.7 Å². The fourth-order valence-corrected chi connectivity index (χ4v) is 2.80. The molecule has 11 nitrogen and oxygen atoms in total. The molecule has 0 saturated heterocycles. The lowest BCUT2D eigenvalue weighted by Gasteiger charge is -2.13. The number of anilines is 1. The fourth-order valence-electron chi connectivity index (χ4n) is 2.68. The van der Waals surface area contributed by atoms with Gasteiger partial charge in [-0.25, -0.2) is 0 Å². The molecule has 1 unspecified atom stereocenters. The minimum atomic E-state index is -0.910. The van der Waals surface area contributed by atoms with Crippen molar-refractivity contribution in [2.75, 3.05) is 5.32 Å². The molecule has 160 valence electrons. The Balaban J connectivity index is 1.84. The fraction of sp³-hybridized carbons (Fsp3) is 0.158. The summed E-state index contributed by atoms with van der Waals surface area (Å²) in [5.74, 6) is -0.0461. The number of hydrogen-bond donors (Lipinski definition) is 1. The summed E-state index contributed by atoms with van der Waals surface area (Å²) in [6.45, 7) is 2.95. The predicted molar refractivity (Wildman–Crippen MR) is 112 cm³/mol. The standard InChI is InChI=1S/C19H16ClN5O6/c1-11-18(25(29)30)10-23(22-11)12(2)19(26)21-14-7-15(24(27)28)9-17(8-14)31-16-5-3-13(20)4-6-16/h3-10,12H,1-2H3,(H,21,26). The van der Waals surface area contributed by atoms with E-state index in [4.69, 9.17) is 16.3 Å². The third-order valence-corrected chi connectivity index (χ3v) is 4.53. The molecule has 1 amide bonds. The summed E-state index contributed by atoms with van der Waals surface area (Å²) in [4.78, 5) is 33.7. The van der Waals surface area contributed by atoms with Crippen LogP contribution in [-0.2, 0) is 4.79 Å². The number of nitrogens with one attached hydrogen (secondary N) is 1. The number of aromatic nitrogens is 2. The summed E-state index contributed by atoms with van der Waals surface area (Å²) in [5, 5.41) is 29.3. The second kappa shape index (κ2) is 8.79. The Hall–Kier alpha value is -3.99. The Morgan fingerprint density at radius 2 is 1.81 bits per heavy atom. The summed E-state index contributed by atoms with van der Waals surface area (Å²) < 4.78 is 6.79. The lowest BCUT2D eigenvalue weighted by molar-refractivity contribution is -0.385. The van der Waals surface area contributed by atoms with E-state index >= 15 is 0 Å². The SMILES string of the molecule is Cc1nn(C(C)C(=O)Nc2cc(Oc3ccc(Cl)cc3)cc([N+](=O)[O-])c2)cc1[N+](=O)[O-]. The van der Waals surface area contributed by atoms with Crippen LogP contribution >= 0.6 is 11.6 Å². The molecule has 0 radical (unpaired) electrons. The summed E-state index contributed by atoms with van der Waals surface area (Å²) in [5.41, 5.74) is -0.222. The van der Waals surface area contributed by atoms with Crippen LogP contribution in [0.4, 0.5) is 17.1 Å². The number of nitrogens with zero attached hydrogens (tertiary/aromatic N) is 4. The molecular formula is C19H16ClN5O6. The highest BCUT2D eigenvalue weighted by molar-refractivity contribution is 6.30. The number of carbonyl (C=O) groups excluding carboxylic acids is 1. The normalized spacial score (nSPS) is 11.6. The number of nitro groups is 2. The van der Waals surface area contributed by atoms with Crippen molar-refractivity contribution >= 4 is 34.6 Å². The molecule has 1 aromatic heterocycles.